The lowest BCUT2D eigenvalue weighted by atomic mass is 9.87. The van der Waals surface area contributed by atoms with Crippen molar-refractivity contribution in [1.82, 2.24) is 0 Å². The Bertz CT molecular complexity index is 534. The van der Waals surface area contributed by atoms with Gasteiger partial charge in [0.25, 0.3) is 5.92 Å². The van der Waals surface area contributed by atoms with E-state index >= 15 is 0 Å². The highest BCUT2D eigenvalue weighted by molar-refractivity contribution is 6.30. The molecule has 0 saturated heterocycles. The van der Waals surface area contributed by atoms with Gasteiger partial charge in [-0.3, -0.25) is 4.90 Å². The summed E-state index contributed by atoms with van der Waals surface area (Å²) in [5.74, 6) is -3.45. The Morgan fingerprint density at radius 3 is 2.68 bits per heavy atom. The molecule has 1 aromatic rings. The number of halogens is 3. The van der Waals surface area contributed by atoms with Crippen LogP contribution in [0.3, 0.4) is 0 Å². The average Bonchev–Trinajstić information content (AvgIpc) is 2.36. The van der Waals surface area contributed by atoms with Gasteiger partial charge in [0.15, 0.2) is 5.60 Å². The summed E-state index contributed by atoms with van der Waals surface area (Å²) in [6, 6.07) is 3.89. The molecule has 0 saturated carbocycles. The summed E-state index contributed by atoms with van der Waals surface area (Å²) in [5.41, 5.74) is -2.64. The number of carboxylic acid groups (broad SMARTS) is 1. The number of rotatable bonds is 0. The maximum atomic E-state index is 14.0. The van der Waals surface area contributed by atoms with E-state index in [0.717, 1.165) is 11.8 Å². The van der Waals surface area contributed by atoms with E-state index in [1.54, 1.807) is 0 Å². The highest BCUT2D eigenvalue weighted by Crippen LogP contribution is 2.46. The Labute approximate surface area is 113 Å². The fourth-order valence-electron chi connectivity index (χ4n) is 2.15. The number of hydrogen-bond acceptors (Lipinski definition) is 2. The molecule has 2 rings (SSSR count). The van der Waals surface area contributed by atoms with E-state index in [2.05, 4.69) is 0 Å². The number of aliphatic hydroxyl groups is 1. The van der Waals surface area contributed by atoms with Gasteiger partial charge < -0.3 is 10.2 Å². The zero-order valence-corrected chi connectivity index (χ0v) is 10.8. The van der Waals surface area contributed by atoms with Crippen LogP contribution in [0.15, 0.2) is 18.2 Å². The second-order valence-electron chi connectivity index (χ2n) is 4.62. The third kappa shape index (κ3) is 2.15. The van der Waals surface area contributed by atoms with Gasteiger partial charge in [-0.25, -0.2) is 13.6 Å². The maximum absolute atomic E-state index is 14.0. The molecule has 1 atom stereocenters. The first-order chi connectivity index (χ1) is 8.67. The minimum absolute atomic E-state index is 0.0269. The standard InChI is InChI=1S/C12H12ClF2NO3/c1-11(19)8-6-7(13)2-3-9(8)16(10(17)18)5-4-12(11,14)15/h2-3,6,19H,4-5H2,1H3,(H,17,18)/t11-/m1/s1. The van der Waals surface area contributed by atoms with E-state index in [0.29, 0.717) is 0 Å². The van der Waals surface area contributed by atoms with Crippen molar-refractivity contribution in [3.8, 4) is 0 Å². The van der Waals surface area contributed by atoms with Crippen molar-refractivity contribution in [3.05, 3.63) is 28.8 Å². The molecule has 0 unspecified atom stereocenters. The summed E-state index contributed by atoms with van der Waals surface area (Å²) < 4.78 is 28.0. The fourth-order valence-corrected chi connectivity index (χ4v) is 2.32. The first kappa shape index (κ1) is 14.0. The summed E-state index contributed by atoms with van der Waals surface area (Å²) in [6.07, 6.45) is -2.12. The van der Waals surface area contributed by atoms with Crippen LogP contribution in [0.1, 0.15) is 18.9 Å². The molecule has 0 aromatic heterocycles. The predicted molar refractivity (Wildman–Crippen MR) is 66.0 cm³/mol. The van der Waals surface area contributed by atoms with Gasteiger partial charge in [-0.1, -0.05) is 11.6 Å². The first-order valence-electron chi connectivity index (χ1n) is 5.57. The number of benzene rings is 1. The number of carbonyl (C=O) groups is 1. The van der Waals surface area contributed by atoms with Crippen LogP contribution in [0.2, 0.25) is 5.02 Å². The van der Waals surface area contributed by atoms with Crippen LogP contribution >= 0.6 is 11.6 Å². The van der Waals surface area contributed by atoms with Gasteiger partial charge in [0, 0.05) is 23.6 Å². The van der Waals surface area contributed by atoms with E-state index in [1.165, 1.54) is 18.2 Å². The Balaban J connectivity index is 2.70. The van der Waals surface area contributed by atoms with Crippen LogP contribution in [-0.4, -0.2) is 28.8 Å². The molecule has 104 valence electrons. The van der Waals surface area contributed by atoms with Gasteiger partial charge in [0.1, 0.15) is 0 Å². The molecule has 7 heteroatoms. The van der Waals surface area contributed by atoms with Crippen molar-refractivity contribution in [2.24, 2.45) is 0 Å². The fraction of sp³-hybridized carbons (Fsp3) is 0.417. The minimum atomic E-state index is -3.45. The molecule has 0 radical (unpaired) electrons. The van der Waals surface area contributed by atoms with Gasteiger partial charge in [-0.05, 0) is 25.1 Å². The Morgan fingerprint density at radius 2 is 2.11 bits per heavy atom. The topological polar surface area (TPSA) is 60.8 Å². The van der Waals surface area contributed by atoms with Crippen molar-refractivity contribution < 1.29 is 23.8 Å². The van der Waals surface area contributed by atoms with E-state index in [1.807, 2.05) is 0 Å². The quantitative estimate of drug-likeness (QED) is 0.772. The minimum Gasteiger partial charge on any atom is -0.465 e. The molecular weight excluding hydrogens is 280 g/mol. The molecule has 1 aliphatic heterocycles. The molecule has 1 aliphatic rings. The van der Waals surface area contributed by atoms with Crippen LogP contribution < -0.4 is 4.90 Å². The molecule has 4 nitrogen and oxygen atoms in total. The zero-order valence-electron chi connectivity index (χ0n) is 10.0. The van der Waals surface area contributed by atoms with Crippen LogP contribution in [0.5, 0.6) is 0 Å². The van der Waals surface area contributed by atoms with E-state index in [9.17, 15) is 18.7 Å². The lowest BCUT2D eigenvalue weighted by Crippen LogP contribution is -2.42. The van der Waals surface area contributed by atoms with Crippen molar-refractivity contribution in [1.29, 1.82) is 0 Å². The van der Waals surface area contributed by atoms with Gasteiger partial charge in [-0.2, -0.15) is 0 Å². The average molecular weight is 292 g/mol. The lowest BCUT2D eigenvalue weighted by Gasteiger charge is -2.31. The number of anilines is 1. The van der Waals surface area contributed by atoms with Crippen molar-refractivity contribution >= 4 is 23.4 Å². The van der Waals surface area contributed by atoms with Crippen molar-refractivity contribution in [2.75, 3.05) is 11.4 Å². The van der Waals surface area contributed by atoms with Gasteiger partial charge >= 0.3 is 6.09 Å². The van der Waals surface area contributed by atoms with E-state index in [4.69, 9.17) is 16.7 Å². The molecule has 0 bridgehead atoms. The Kier molecular flexibility index (Phi) is 3.18. The molecular formula is C12H12ClF2NO3. The number of hydrogen-bond donors (Lipinski definition) is 2. The molecule has 2 N–H and O–H groups in total. The van der Waals surface area contributed by atoms with Crippen LogP contribution in [0.25, 0.3) is 0 Å². The van der Waals surface area contributed by atoms with Crippen molar-refractivity contribution in [3.63, 3.8) is 0 Å². The highest BCUT2D eigenvalue weighted by atomic mass is 35.5. The molecule has 0 aliphatic carbocycles. The first-order valence-corrected chi connectivity index (χ1v) is 5.95. The lowest BCUT2D eigenvalue weighted by molar-refractivity contribution is -0.177. The second kappa shape index (κ2) is 4.31. The van der Waals surface area contributed by atoms with Crippen LogP contribution in [0, 0.1) is 0 Å². The maximum Gasteiger partial charge on any atom is 0.411 e. The van der Waals surface area contributed by atoms with Gasteiger partial charge in [0.2, 0.25) is 0 Å². The summed E-state index contributed by atoms with van der Waals surface area (Å²) in [5, 5.41) is 19.4. The Morgan fingerprint density at radius 1 is 1.47 bits per heavy atom. The predicted octanol–water partition coefficient (Wildman–Crippen LogP) is 3.07. The van der Waals surface area contributed by atoms with E-state index < -0.39 is 30.6 Å². The molecule has 0 spiro atoms. The van der Waals surface area contributed by atoms with E-state index in [-0.39, 0.29) is 16.3 Å². The van der Waals surface area contributed by atoms with Crippen molar-refractivity contribution in [2.45, 2.75) is 24.9 Å². The molecule has 1 amide bonds. The van der Waals surface area contributed by atoms with Gasteiger partial charge in [0.05, 0.1) is 5.69 Å². The zero-order chi connectivity index (χ0) is 14.4. The summed E-state index contributed by atoms with van der Waals surface area (Å²) in [7, 11) is 0. The smallest absolute Gasteiger partial charge is 0.411 e. The largest absolute Gasteiger partial charge is 0.465 e. The number of fused-ring (bicyclic) bond motifs is 1. The van der Waals surface area contributed by atoms with Crippen LogP contribution in [-0.2, 0) is 5.60 Å². The third-order valence-electron chi connectivity index (χ3n) is 3.37. The number of amides is 1. The molecule has 19 heavy (non-hydrogen) atoms. The van der Waals surface area contributed by atoms with Crippen LogP contribution in [0.4, 0.5) is 19.3 Å². The molecule has 1 aromatic carbocycles. The normalized spacial score (nSPS) is 25.6. The summed E-state index contributed by atoms with van der Waals surface area (Å²) in [6.45, 7) is 0.570. The SMILES string of the molecule is C[C@@]1(O)c2cc(Cl)ccc2N(C(=O)O)CCC1(F)F. The highest BCUT2D eigenvalue weighted by Gasteiger charge is 2.53. The monoisotopic (exact) mass is 291 g/mol. The van der Waals surface area contributed by atoms with Gasteiger partial charge in [-0.15, -0.1) is 0 Å². The summed E-state index contributed by atoms with van der Waals surface area (Å²) in [4.78, 5) is 11.9. The second-order valence-corrected chi connectivity index (χ2v) is 5.06. The summed E-state index contributed by atoms with van der Waals surface area (Å²) >= 11 is 5.76. The number of alkyl halides is 2. The molecule has 1 heterocycles. The molecule has 0 fully saturated rings. The number of nitrogens with zero attached hydrogens (tertiary/aromatic N) is 1. The Hall–Kier alpha value is -1.40. The third-order valence-corrected chi connectivity index (χ3v) is 3.60.